The third-order valence-electron chi connectivity index (χ3n) is 4.37. The molecule has 2 aromatic carbocycles. The molecule has 0 spiro atoms. The first kappa shape index (κ1) is 18.8. The Balaban J connectivity index is 1.96. The molecular formula is C21H22FN3O2. The summed E-state index contributed by atoms with van der Waals surface area (Å²) in [5.41, 5.74) is 3.21. The Morgan fingerprint density at radius 1 is 1.15 bits per heavy atom. The van der Waals surface area contributed by atoms with Crippen molar-refractivity contribution in [3.8, 4) is 16.9 Å². The summed E-state index contributed by atoms with van der Waals surface area (Å²) < 4.78 is 15.1. The summed E-state index contributed by atoms with van der Waals surface area (Å²) in [5.74, 6) is -1.25. The third-order valence-corrected chi connectivity index (χ3v) is 4.37. The third kappa shape index (κ3) is 4.41. The van der Waals surface area contributed by atoms with Crippen LogP contribution < -0.4 is 5.32 Å². The molecular weight excluding hydrogens is 345 g/mol. The Labute approximate surface area is 157 Å². The fraction of sp³-hybridized carbons (Fsp3) is 0.238. The van der Waals surface area contributed by atoms with Gasteiger partial charge in [0.1, 0.15) is 11.9 Å². The van der Waals surface area contributed by atoms with E-state index in [4.69, 9.17) is 0 Å². The van der Waals surface area contributed by atoms with E-state index in [-0.39, 0.29) is 11.7 Å². The van der Waals surface area contributed by atoms with Crippen molar-refractivity contribution in [1.29, 1.82) is 0 Å². The quantitative estimate of drug-likeness (QED) is 0.665. The van der Waals surface area contributed by atoms with E-state index in [0.717, 1.165) is 16.8 Å². The molecule has 0 saturated carbocycles. The molecule has 1 heterocycles. The SMILES string of the molecule is CC(C)[C@H](NCc1cn(-c2ccccc2)nc1-c1ccc(F)cc1)C(=O)O. The molecule has 1 aromatic heterocycles. The number of benzene rings is 2. The fourth-order valence-electron chi connectivity index (χ4n) is 2.93. The molecule has 0 saturated heterocycles. The minimum atomic E-state index is -0.885. The molecule has 6 heteroatoms. The van der Waals surface area contributed by atoms with Gasteiger partial charge in [0, 0.05) is 23.9 Å². The zero-order valence-electron chi connectivity index (χ0n) is 15.3. The van der Waals surface area contributed by atoms with Crippen LogP contribution in [0.3, 0.4) is 0 Å². The minimum absolute atomic E-state index is 0.0547. The zero-order valence-corrected chi connectivity index (χ0v) is 15.3. The van der Waals surface area contributed by atoms with Gasteiger partial charge >= 0.3 is 5.97 Å². The van der Waals surface area contributed by atoms with Gasteiger partial charge in [0.2, 0.25) is 0 Å². The number of hydrogen-bond donors (Lipinski definition) is 2. The molecule has 0 unspecified atom stereocenters. The Morgan fingerprint density at radius 3 is 2.41 bits per heavy atom. The molecule has 0 amide bonds. The summed E-state index contributed by atoms with van der Waals surface area (Å²) in [6, 6.07) is 15.1. The van der Waals surface area contributed by atoms with E-state index in [1.807, 2.05) is 50.4 Å². The van der Waals surface area contributed by atoms with Crippen LogP contribution in [-0.2, 0) is 11.3 Å². The molecule has 0 radical (unpaired) electrons. The first-order valence-electron chi connectivity index (χ1n) is 8.82. The number of carboxylic acid groups (broad SMARTS) is 1. The zero-order chi connectivity index (χ0) is 19.4. The Morgan fingerprint density at radius 2 is 1.81 bits per heavy atom. The second-order valence-corrected chi connectivity index (χ2v) is 6.73. The van der Waals surface area contributed by atoms with Crippen molar-refractivity contribution < 1.29 is 14.3 Å². The molecule has 0 fully saturated rings. The van der Waals surface area contributed by atoms with Gasteiger partial charge in [-0.05, 0) is 42.3 Å². The Kier molecular flexibility index (Phi) is 5.66. The van der Waals surface area contributed by atoms with Gasteiger partial charge < -0.3 is 5.11 Å². The number of aliphatic carboxylic acids is 1. The van der Waals surface area contributed by atoms with Gasteiger partial charge in [-0.1, -0.05) is 32.0 Å². The molecule has 140 valence electrons. The molecule has 3 rings (SSSR count). The molecule has 3 aromatic rings. The van der Waals surface area contributed by atoms with Crippen LogP contribution in [-0.4, -0.2) is 26.9 Å². The van der Waals surface area contributed by atoms with Gasteiger partial charge in [-0.2, -0.15) is 5.10 Å². The van der Waals surface area contributed by atoms with Crippen LogP contribution in [0, 0.1) is 11.7 Å². The van der Waals surface area contributed by atoms with Crippen LogP contribution in [0.25, 0.3) is 16.9 Å². The van der Waals surface area contributed by atoms with Gasteiger partial charge in [0.15, 0.2) is 0 Å². The number of hydrogen-bond acceptors (Lipinski definition) is 3. The van der Waals surface area contributed by atoms with Crippen LogP contribution >= 0.6 is 0 Å². The van der Waals surface area contributed by atoms with Crippen molar-refractivity contribution in [3.63, 3.8) is 0 Å². The maximum absolute atomic E-state index is 13.3. The highest BCUT2D eigenvalue weighted by molar-refractivity contribution is 5.73. The number of nitrogens with zero attached hydrogens (tertiary/aromatic N) is 2. The highest BCUT2D eigenvalue weighted by atomic mass is 19.1. The van der Waals surface area contributed by atoms with E-state index in [9.17, 15) is 14.3 Å². The van der Waals surface area contributed by atoms with Crippen molar-refractivity contribution in [2.45, 2.75) is 26.4 Å². The van der Waals surface area contributed by atoms with Crippen molar-refractivity contribution in [1.82, 2.24) is 15.1 Å². The number of aromatic nitrogens is 2. The normalized spacial score (nSPS) is 12.3. The first-order chi connectivity index (χ1) is 13.0. The lowest BCUT2D eigenvalue weighted by molar-refractivity contribution is -0.140. The molecule has 0 aliphatic heterocycles. The summed E-state index contributed by atoms with van der Waals surface area (Å²) in [4.78, 5) is 11.5. The molecule has 0 aliphatic rings. The molecule has 27 heavy (non-hydrogen) atoms. The first-order valence-corrected chi connectivity index (χ1v) is 8.82. The van der Waals surface area contributed by atoms with Crippen molar-refractivity contribution in [3.05, 3.63) is 72.2 Å². The summed E-state index contributed by atoms with van der Waals surface area (Å²) in [6.45, 7) is 4.06. The van der Waals surface area contributed by atoms with Gasteiger partial charge in [0.05, 0.1) is 11.4 Å². The van der Waals surface area contributed by atoms with Crippen LogP contribution in [0.15, 0.2) is 60.8 Å². The summed E-state index contributed by atoms with van der Waals surface area (Å²) in [5, 5.41) is 17.1. The molecule has 5 nitrogen and oxygen atoms in total. The van der Waals surface area contributed by atoms with E-state index >= 15 is 0 Å². The van der Waals surface area contributed by atoms with E-state index in [0.29, 0.717) is 12.2 Å². The average Bonchev–Trinajstić information content (AvgIpc) is 3.07. The number of halogens is 1. The van der Waals surface area contributed by atoms with E-state index in [2.05, 4.69) is 10.4 Å². The second kappa shape index (κ2) is 8.14. The fourth-order valence-corrected chi connectivity index (χ4v) is 2.93. The van der Waals surface area contributed by atoms with Gasteiger partial charge in [-0.25, -0.2) is 9.07 Å². The largest absolute Gasteiger partial charge is 0.480 e. The topological polar surface area (TPSA) is 67.2 Å². The average molecular weight is 367 g/mol. The minimum Gasteiger partial charge on any atom is -0.480 e. The van der Waals surface area contributed by atoms with Crippen LogP contribution in [0.1, 0.15) is 19.4 Å². The van der Waals surface area contributed by atoms with Gasteiger partial charge in [0.25, 0.3) is 0 Å². The molecule has 2 N–H and O–H groups in total. The molecule has 0 bridgehead atoms. The molecule has 0 aliphatic carbocycles. The van der Waals surface area contributed by atoms with Crippen LogP contribution in [0.5, 0.6) is 0 Å². The maximum atomic E-state index is 13.3. The smallest absolute Gasteiger partial charge is 0.320 e. The number of carbonyl (C=O) groups is 1. The lowest BCUT2D eigenvalue weighted by Gasteiger charge is -2.17. The number of para-hydroxylation sites is 1. The summed E-state index contributed by atoms with van der Waals surface area (Å²) in [7, 11) is 0. The Bertz CT molecular complexity index is 905. The van der Waals surface area contributed by atoms with Crippen molar-refractivity contribution in [2.24, 2.45) is 5.92 Å². The standard InChI is InChI=1S/C21H22FN3O2/c1-14(2)19(21(26)27)23-12-16-13-25(18-6-4-3-5-7-18)24-20(16)15-8-10-17(22)11-9-15/h3-11,13-14,19,23H,12H2,1-2H3,(H,26,27)/t19-/m0/s1. The van der Waals surface area contributed by atoms with Crippen LogP contribution in [0.4, 0.5) is 4.39 Å². The highest BCUT2D eigenvalue weighted by Crippen LogP contribution is 2.24. The van der Waals surface area contributed by atoms with E-state index in [1.54, 1.807) is 16.8 Å². The number of nitrogens with one attached hydrogen (secondary N) is 1. The van der Waals surface area contributed by atoms with Crippen molar-refractivity contribution in [2.75, 3.05) is 0 Å². The lowest BCUT2D eigenvalue weighted by Crippen LogP contribution is -2.40. The van der Waals surface area contributed by atoms with Crippen molar-refractivity contribution >= 4 is 5.97 Å². The summed E-state index contributed by atoms with van der Waals surface area (Å²) >= 11 is 0. The summed E-state index contributed by atoms with van der Waals surface area (Å²) in [6.07, 6.45) is 1.88. The number of rotatable bonds is 7. The molecule has 1 atom stereocenters. The number of carboxylic acids is 1. The van der Waals surface area contributed by atoms with Gasteiger partial charge in [-0.3, -0.25) is 10.1 Å². The lowest BCUT2D eigenvalue weighted by atomic mass is 10.0. The highest BCUT2D eigenvalue weighted by Gasteiger charge is 2.22. The Hall–Kier alpha value is -2.99. The van der Waals surface area contributed by atoms with Gasteiger partial charge in [-0.15, -0.1) is 0 Å². The maximum Gasteiger partial charge on any atom is 0.320 e. The van der Waals surface area contributed by atoms with Crippen LogP contribution in [0.2, 0.25) is 0 Å². The predicted molar refractivity (Wildman–Crippen MR) is 102 cm³/mol. The second-order valence-electron chi connectivity index (χ2n) is 6.73. The predicted octanol–water partition coefficient (Wildman–Crippen LogP) is 3.88. The monoisotopic (exact) mass is 367 g/mol. The van der Waals surface area contributed by atoms with E-state index in [1.165, 1.54) is 12.1 Å². The van der Waals surface area contributed by atoms with E-state index < -0.39 is 12.0 Å².